The van der Waals surface area contributed by atoms with Crippen LogP contribution in [0.2, 0.25) is 0 Å². The van der Waals surface area contributed by atoms with Crippen molar-refractivity contribution >= 4 is 39.5 Å². The highest BCUT2D eigenvalue weighted by atomic mass is 31.2. The summed E-state index contributed by atoms with van der Waals surface area (Å²) in [6, 6.07) is 0. The summed E-state index contributed by atoms with van der Waals surface area (Å²) in [5, 5.41) is 10.6. The van der Waals surface area contributed by atoms with E-state index in [0.717, 1.165) is 102 Å². The van der Waals surface area contributed by atoms with Crippen LogP contribution in [-0.2, 0) is 65.4 Å². The number of ether oxygens (including phenoxy) is 4. The van der Waals surface area contributed by atoms with Crippen LogP contribution < -0.4 is 0 Å². The molecule has 6 atom stereocenters. The average molecular weight is 1340 g/mol. The van der Waals surface area contributed by atoms with Gasteiger partial charge in [0.2, 0.25) is 0 Å². The summed E-state index contributed by atoms with van der Waals surface area (Å²) in [4.78, 5) is 72.4. The SMILES string of the molecule is CCCCCCCCCCCCCCCCC(=O)OC[C@H](COP(=O)(O)OC[C@@H](O)COP(=O)(O)OC[C@@H](COC(=O)CCCCCCC)OC(=O)CCCCCCCCCCCCCCCC)OC(=O)CCCCCCCCCCCCCCCCC(C)CC. The van der Waals surface area contributed by atoms with E-state index in [4.69, 9.17) is 37.0 Å². The van der Waals surface area contributed by atoms with E-state index in [1.54, 1.807) is 0 Å². The van der Waals surface area contributed by atoms with Crippen LogP contribution in [0.15, 0.2) is 0 Å². The number of aliphatic hydroxyl groups is 1. The molecule has 0 saturated heterocycles. The molecular weight excluding hydrogens is 1200 g/mol. The van der Waals surface area contributed by atoms with E-state index in [-0.39, 0.29) is 25.7 Å². The number of hydrogen-bond acceptors (Lipinski definition) is 15. The van der Waals surface area contributed by atoms with Gasteiger partial charge in [0.1, 0.15) is 19.3 Å². The second kappa shape index (κ2) is 65.4. The molecule has 0 aromatic rings. The Hall–Kier alpha value is -1.94. The van der Waals surface area contributed by atoms with Gasteiger partial charge in [0.25, 0.3) is 0 Å². The molecule has 540 valence electrons. The maximum Gasteiger partial charge on any atom is 0.472 e. The molecule has 17 nitrogen and oxygen atoms in total. The fourth-order valence-corrected chi connectivity index (χ4v) is 12.5. The van der Waals surface area contributed by atoms with Gasteiger partial charge < -0.3 is 33.8 Å². The number of rotatable bonds is 72. The predicted molar refractivity (Wildman–Crippen MR) is 368 cm³/mol. The smallest absolute Gasteiger partial charge is 0.462 e. The Morgan fingerprint density at radius 1 is 0.308 bits per heavy atom. The lowest BCUT2D eigenvalue weighted by Gasteiger charge is -2.21. The molecule has 0 bridgehead atoms. The number of carbonyl (C=O) groups excluding carboxylic acids is 4. The molecule has 0 aliphatic rings. The van der Waals surface area contributed by atoms with E-state index in [2.05, 4.69) is 34.6 Å². The van der Waals surface area contributed by atoms with E-state index >= 15 is 0 Å². The van der Waals surface area contributed by atoms with Crippen LogP contribution in [0.1, 0.15) is 375 Å². The van der Waals surface area contributed by atoms with Crippen LogP contribution in [-0.4, -0.2) is 96.7 Å². The minimum atomic E-state index is -4.95. The van der Waals surface area contributed by atoms with E-state index in [0.29, 0.717) is 25.7 Å². The van der Waals surface area contributed by atoms with Crippen molar-refractivity contribution in [1.82, 2.24) is 0 Å². The summed E-state index contributed by atoms with van der Waals surface area (Å²) in [6.07, 6.45) is 52.9. The van der Waals surface area contributed by atoms with E-state index in [9.17, 15) is 43.2 Å². The first-order valence-corrected chi connectivity index (χ1v) is 40.7. The summed E-state index contributed by atoms with van der Waals surface area (Å²) < 4.78 is 68.2. The zero-order valence-corrected chi connectivity index (χ0v) is 60.8. The largest absolute Gasteiger partial charge is 0.472 e. The molecule has 0 radical (unpaired) electrons. The standard InChI is InChI=1S/C72H140O17P2/c1-6-10-13-16-18-20-22-24-29-33-37-41-46-51-56-70(75)83-62-68(89-72(77)58-53-48-43-39-35-31-27-26-28-32-36-40-45-49-54-65(5)9-4)64-87-91(80,81)85-60-66(73)59-84-90(78,79)86-63-67(61-82-69(74)55-50-44-15-12-8-3)88-71(76)57-52-47-42-38-34-30-25-23-21-19-17-14-11-7-2/h65-68,73H,6-64H2,1-5H3,(H,78,79)(H,80,81)/t65?,66-,67+,68+/m0/s1. The Kier molecular flexibility index (Phi) is 64.0. The molecule has 0 aliphatic heterocycles. The molecule has 0 aliphatic carbocycles. The van der Waals surface area contributed by atoms with Crippen molar-refractivity contribution in [2.24, 2.45) is 5.92 Å². The number of phosphoric ester groups is 2. The van der Waals surface area contributed by atoms with Crippen molar-refractivity contribution in [1.29, 1.82) is 0 Å². The highest BCUT2D eigenvalue weighted by molar-refractivity contribution is 7.47. The second-order valence-electron chi connectivity index (χ2n) is 26.2. The first-order chi connectivity index (χ1) is 44.1. The fraction of sp³-hybridized carbons (Fsp3) is 0.944. The van der Waals surface area contributed by atoms with E-state index < -0.39 is 97.5 Å². The highest BCUT2D eigenvalue weighted by Gasteiger charge is 2.30. The number of aliphatic hydroxyl groups excluding tert-OH is 1. The molecule has 0 rings (SSSR count). The summed E-state index contributed by atoms with van der Waals surface area (Å²) in [7, 11) is -9.89. The highest BCUT2D eigenvalue weighted by Crippen LogP contribution is 2.45. The van der Waals surface area contributed by atoms with E-state index in [1.807, 2.05) is 0 Å². The molecule has 0 saturated carbocycles. The topological polar surface area (TPSA) is 237 Å². The van der Waals surface area contributed by atoms with Crippen LogP contribution in [0.25, 0.3) is 0 Å². The van der Waals surface area contributed by atoms with Crippen molar-refractivity contribution in [2.75, 3.05) is 39.6 Å². The second-order valence-corrected chi connectivity index (χ2v) is 29.1. The van der Waals surface area contributed by atoms with Crippen molar-refractivity contribution in [3.63, 3.8) is 0 Å². The van der Waals surface area contributed by atoms with Crippen molar-refractivity contribution in [3.05, 3.63) is 0 Å². The molecule has 19 heteroatoms. The summed E-state index contributed by atoms with van der Waals surface area (Å²) in [5.41, 5.74) is 0. The van der Waals surface area contributed by atoms with Crippen LogP contribution in [0.5, 0.6) is 0 Å². The number of carbonyl (C=O) groups is 4. The molecule has 91 heavy (non-hydrogen) atoms. The molecule has 0 aromatic heterocycles. The molecule has 3 N–H and O–H groups in total. The van der Waals surface area contributed by atoms with Gasteiger partial charge in [-0.1, -0.05) is 324 Å². The minimum absolute atomic E-state index is 0.107. The predicted octanol–water partition coefficient (Wildman–Crippen LogP) is 20.9. The number of hydrogen-bond donors (Lipinski definition) is 3. The third-order valence-electron chi connectivity index (χ3n) is 17.1. The van der Waals surface area contributed by atoms with Crippen LogP contribution in [0, 0.1) is 5.92 Å². The Morgan fingerprint density at radius 2 is 0.527 bits per heavy atom. The summed E-state index contributed by atoms with van der Waals surface area (Å²) in [5.74, 6) is -1.28. The van der Waals surface area contributed by atoms with Gasteiger partial charge in [0, 0.05) is 25.7 Å². The van der Waals surface area contributed by atoms with Crippen molar-refractivity contribution in [3.8, 4) is 0 Å². The van der Waals surface area contributed by atoms with Crippen LogP contribution in [0.4, 0.5) is 0 Å². The van der Waals surface area contributed by atoms with Gasteiger partial charge in [-0.25, -0.2) is 9.13 Å². The maximum atomic E-state index is 13.0. The first kappa shape index (κ1) is 89.1. The Bertz CT molecular complexity index is 1760. The zero-order valence-electron chi connectivity index (χ0n) is 59.0. The van der Waals surface area contributed by atoms with Gasteiger partial charge in [0.05, 0.1) is 26.4 Å². The third kappa shape index (κ3) is 65.1. The summed E-state index contributed by atoms with van der Waals surface area (Å²) >= 11 is 0. The average Bonchev–Trinajstić information content (AvgIpc) is 3.70. The Balaban J connectivity index is 5.15. The van der Waals surface area contributed by atoms with Gasteiger partial charge in [0.15, 0.2) is 12.2 Å². The minimum Gasteiger partial charge on any atom is -0.462 e. The number of unbranched alkanes of at least 4 members (excludes halogenated alkanes) is 43. The normalized spacial score (nSPS) is 14.3. The Morgan fingerprint density at radius 3 is 0.780 bits per heavy atom. The van der Waals surface area contributed by atoms with Gasteiger partial charge in [-0.05, 0) is 31.6 Å². The van der Waals surface area contributed by atoms with Crippen LogP contribution >= 0.6 is 15.6 Å². The lowest BCUT2D eigenvalue weighted by Crippen LogP contribution is -2.30. The third-order valence-corrected chi connectivity index (χ3v) is 19.0. The van der Waals surface area contributed by atoms with Crippen LogP contribution in [0.3, 0.4) is 0 Å². The lowest BCUT2D eigenvalue weighted by atomic mass is 9.99. The molecule has 0 aromatic carbocycles. The maximum absolute atomic E-state index is 13.0. The van der Waals surface area contributed by atoms with Gasteiger partial charge in [-0.2, -0.15) is 0 Å². The fourth-order valence-electron chi connectivity index (χ4n) is 11.0. The van der Waals surface area contributed by atoms with Gasteiger partial charge >= 0.3 is 39.5 Å². The van der Waals surface area contributed by atoms with Gasteiger partial charge in [-0.3, -0.25) is 37.3 Å². The zero-order chi connectivity index (χ0) is 67.0. The van der Waals surface area contributed by atoms with E-state index in [1.165, 1.54) is 193 Å². The molecule has 0 fully saturated rings. The molecular formula is C72H140O17P2. The molecule has 0 amide bonds. The molecule has 0 spiro atoms. The monoisotopic (exact) mass is 1340 g/mol. The number of phosphoric acid groups is 2. The molecule has 0 heterocycles. The molecule has 3 unspecified atom stereocenters. The quantitative estimate of drug-likeness (QED) is 0.0222. The van der Waals surface area contributed by atoms with Gasteiger partial charge in [-0.15, -0.1) is 0 Å². The summed E-state index contributed by atoms with van der Waals surface area (Å²) in [6.45, 7) is 7.24. The first-order valence-electron chi connectivity index (χ1n) is 37.7. The Labute approximate surface area is 556 Å². The van der Waals surface area contributed by atoms with Crippen molar-refractivity contribution < 1.29 is 80.2 Å². The lowest BCUT2D eigenvalue weighted by molar-refractivity contribution is -0.161. The van der Waals surface area contributed by atoms with Crippen molar-refractivity contribution in [2.45, 2.75) is 393 Å². The number of esters is 4.